The molecular formula is C22H19ClO7. The fourth-order valence-electron chi connectivity index (χ4n) is 2.94. The van der Waals surface area contributed by atoms with Gasteiger partial charge in [-0.1, -0.05) is 23.7 Å². The maximum absolute atomic E-state index is 12.3. The molecule has 1 heterocycles. The van der Waals surface area contributed by atoms with Crippen LogP contribution in [0.25, 0.3) is 11.0 Å². The summed E-state index contributed by atoms with van der Waals surface area (Å²) in [4.78, 5) is 35.4. The lowest BCUT2D eigenvalue weighted by Gasteiger charge is -2.12. The van der Waals surface area contributed by atoms with Crippen molar-refractivity contribution in [2.24, 2.45) is 0 Å². The largest absolute Gasteiger partial charge is 0.487 e. The molecule has 0 unspecified atom stereocenters. The van der Waals surface area contributed by atoms with Crippen LogP contribution in [0.4, 0.5) is 0 Å². The lowest BCUT2D eigenvalue weighted by molar-refractivity contribution is -0.139. The number of hydrogen-bond acceptors (Lipinski definition) is 7. The van der Waals surface area contributed by atoms with Gasteiger partial charge in [-0.15, -0.1) is 0 Å². The molecule has 0 aliphatic carbocycles. The first-order chi connectivity index (χ1) is 14.3. The molecule has 2 aromatic carbocycles. The number of halogens is 1. The SMILES string of the molecule is COC(=O)Cc1c(C)c2cc(Cl)c(OCc3ccc(C(=O)OC)cc3)cc2oc1=O. The zero-order valence-corrected chi connectivity index (χ0v) is 17.4. The quantitative estimate of drug-likeness (QED) is 0.433. The first kappa shape index (κ1) is 21.4. The first-order valence-electron chi connectivity index (χ1n) is 8.96. The molecule has 3 aromatic rings. The molecule has 0 amide bonds. The highest BCUT2D eigenvalue weighted by atomic mass is 35.5. The minimum atomic E-state index is -0.614. The molecule has 8 heteroatoms. The predicted octanol–water partition coefficient (Wildman–Crippen LogP) is 3.84. The molecule has 156 valence electrons. The number of methoxy groups -OCH3 is 2. The van der Waals surface area contributed by atoms with Gasteiger partial charge in [-0.05, 0) is 36.2 Å². The maximum Gasteiger partial charge on any atom is 0.340 e. The Bertz CT molecular complexity index is 1160. The summed E-state index contributed by atoms with van der Waals surface area (Å²) in [5.41, 5.74) is 1.75. The van der Waals surface area contributed by atoms with Crippen LogP contribution in [-0.2, 0) is 27.3 Å². The molecule has 0 atom stereocenters. The van der Waals surface area contributed by atoms with Crippen molar-refractivity contribution in [2.75, 3.05) is 14.2 Å². The van der Waals surface area contributed by atoms with E-state index in [0.717, 1.165) is 5.56 Å². The van der Waals surface area contributed by atoms with Gasteiger partial charge in [0.05, 0.1) is 36.8 Å². The van der Waals surface area contributed by atoms with Crippen molar-refractivity contribution in [3.05, 3.63) is 74.1 Å². The first-order valence-corrected chi connectivity index (χ1v) is 9.34. The number of fused-ring (bicyclic) bond motifs is 1. The number of carbonyl (C=O) groups excluding carboxylic acids is 2. The van der Waals surface area contributed by atoms with Gasteiger partial charge in [0.15, 0.2) is 0 Å². The lowest BCUT2D eigenvalue weighted by atomic mass is 10.0. The second-order valence-electron chi connectivity index (χ2n) is 6.50. The number of rotatable bonds is 6. The normalized spacial score (nSPS) is 10.7. The Kier molecular flexibility index (Phi) is 6.42. The van der Waals surface area contributed by atoms with E-state index >= 15 is 0 Å². The van der Waals surface area contributed by atoms with Crippen LogP contribution in [0.1, 0.15) is 27.0 Å². The summed E-state index contributed by atoms with van der Waals surface area (Å²) in [5.74, 6) is -0.615. The van der Waals surface area contributed by atoms with Gasteiger partial charge in [-0.3, -0.25) is 4.79 Å². The van der Waals surface area contributed by atoms with Crippen LogP contribution in [0, 0.1) is 6.92 Å². The van der Waals surface area contributed by atoms with Gasteiger partial charge in [0.25, 0.3) is 0 Å². The van der Waals surface area contributed by atoms with Crippen molar-refractivity contribution >= 4 is 34.5 Å². The van der Waals surface area contributed by atoms with Crippen molar-refractivity contribution in [1.29, 1.82) is 0 Å². The Labute approximate surface area is 177 Å². The van der Waals surface area contributed by atoms with E-state index in [4.69, 9.17) is 20.8 Å². The van der Waals surface area contributed by atoms with E-state index < -0.39 is 17.6 Å². The highest BCUT2D eigenvalue weighted by molar-refractivity contribution is 6.32. The number of aryl methyl sites for hydroxylation is 1. The summed E-state index contributed by atoms with van der Waals surface area (Å²) in [7, 11) is 2.57. The number of esters is 2. The van der Waals surface area contributed by atoms with Crippen LogP contribution >= 0.6 is 11.6 Å². The Hall–Kier alpha value is -3.32. The molecule has 7 nitrogen and oxygen atoms in total. The maximum atomic E-state index is 12.3. The van der Waals surface area contributed by atoms with Gasteiger partial charge in [0, 0.05) is 11.5 Å². The zero-order valence-electron chi connectivity index (χ0n) is 16.6. The molecule has 0 bridgehead atoms. The highest BCUT2D eigenvalue weighted by Gasteiger charge is 2.17. The van der Waals surface area contributed by atoms with Crippen molar-refractivity contribution in [3.63, 3.8) is 0 Å². The summed E-state index contributed by atoms with van der Waals surface area (Å²) < 4.78 is 20.4. The molecule has 0 spiro atoms. The van der Waals surface area contributed by atoms with E-state index in [2.05, 4.69) is 9.47 Å². The standard InChI is InChI=1S/C22H19ClO7/c1-12-15-8-17(23)19(10-18(15)30-22(26)16(12)9-20(24)27-2)29-11-13-4-6-14(7-5-13)21(25)28-3/h4-8,10H,9,11H2,1-3H3. The fourth-order valence-corrected chi connectivity index (χ4v) is 3.16. The van der Waals surface area contributed by atoms with E-state index in [1.165, 1.54) is 20.3 Å². The highest BCUT2D eigenvalue weighted by Crippen LogP contribution is 2.32. The monoisotopic (exact) mass is 430 g/mol. The number of hydrogen-bond donors (Lipinski definition) is 0. The molecule has 3 rings (SSSR count). The molecular weight excluding hydrogens is 412 g/mol. The van der Waals surface area contributed by atoms with Gasteiger partial charge in [-0.2, -0.15) is 0 Å². The zero-order chi connectivity index (χ0) is 21.8. The summed E-state index contributed by atoms with van der Waals surface area (Å²) >= 11 is 6.35. The average molecular weight is 431 g/mol. The molecule has 0 saturated heterocycles. The molecule has 0 saturated carbocycles. The van der Waals surface area contributed by atoms with E-state index in [0.29, 0.717) is 32.9 Å². The third-order valence-electron chi connectivity index (χ3n) is 4.66. The summed E-state index contributed by atoms with van der Waals surface area (Å²) in [5, 5.41) is 0.933. The van der Waals surface area contributed by atoms with E-state index in [1.54, 1.807) is 37.3 Å². The Morgan fingerprint density at radius 1 is 1.07 bits per heavy atom. The van der Waals surface area contributed by atoms with E-state index in [1.807, 2.05) is 0 Å². The molecule has 0 aliphatic heterocycles. The van der Waals surface area contributed by atoms with Crippen LogP contribution in [0.3, 0.4) is 0 Å². The topological polar surface area (TPSA) is 92.0 Å². The van der Waals surface area contributed by atoms with Crippen LogP contribution < -0.4 is 10.4 Å². The minimum absolute atomic E-state index is 0.182. The van der Waals surface area contributed by atoms with Gasteiger partial charge >= 0.3 is 17.6 Å². The Morgan fingerprint density at radius 3 is 2.40 bits per heavy atom. The number of carbonyl (C=O) groups is 2. The van der Waals surface area contributed by atoms with E-state index in [-0.39, 0.29) is 18.6 Å². The van der Waals surface area contributed by atoms with Crippen LogP contribution in [0.5, 0.6) is 5.75 Å². The van der Waals surface area contributed by atoms with Crippen molar-refractivity contribution in [3.8, 4) is 5.75 Å². The molecule has 0 fully saturated rings. The van der Waals surface area contributed by atoms with Gasteiger partial charge in [0.2, 0.25) is 0 Å². The van der Waals surface area contributed by atoms with Gasteiger partial charge < -0.3 is 18.6 Å². The van der Waals surface area contributed by atoms with Crippen molar-refractivity contribution < 1.29 is 28.2 Å². The molecule has 0 aliphatic rings. The van der Waals surface area contributed by atoms with E-state index in [9.17, 15) is 14.4 Å². The van der Waals surface area contributed by atoms with Crippen molar-refractivity contribution in [2.45, 2.75) is 20.0 Å². The van der Waals surface area contributed by atoms with Gasteiger partial charge in [0.1, 0.15) is 17.9 Å². The Morgan fingerprint density at radius 2 is 1.77 bits per heavy atom. The van der Waals surface area contributed by atoms with Crippen LogP contribution in [0.15, 0.2) is 45.6 Å². The predicted molar refractivity (Wildman–Crippen MR) is 110 cm³/mol. The van der Waals surface area contributed by atoms with Crippen LogP contribution in [-0.4, -0.2) is 26.2 Å². The Balaban J connectivity index is 1.86. The number of ether oxygens (including phenoxy) is 3. The third kappa shape index (κ3) is 4.46. The second-order valence-corrected chi connectivity index (χ2v) is 6.91. The smallest absolute Gasteiger partial charge is 0.340 e. The van der Waals surface area contributed by atoms with Gasteiger partial charge in [-0.25, -0.2) is 9.59 Å². The second kappa shape index (κ2) is 9.00. The summed E-state index contributed by atoms with van der Waals surface area (Å²) in [6, 6.07) is 9.92. The summed E-state index contributed by atoms with van der Waals surface area (Å²) in [6.45, 7) is 1.91. The number of benzene rings is 2. The lowest BCUT2D eigenvalue weighted by Crippen LogP contribution is -2.16. The van der Waals surface area contributed by atoms with Crippen LogP contribution in [0.2, 0.25) is 5.02 Å². The minimum Gasteiger partial charge on any atom is -0.487 e. The molecule has 30 heavy (non-hydrogen) atoms. The molecule has 1 aromatic heterocycles. The molecule has 0 N–H and O–H groups in total. The third-order valence-corrected chi connectivity index (χ3v) is 4.95. The summed E-state index contributed by atoms with van der Waals surface area (Å²) in [6.07, 6.45) is -0.182. The fraction of sp³-hybridized carbons (Fsp3) is 0.227. The molecule has 0 radical (unpaired) electrons. The van der Waals surface area contributed by atoms with Crippen molar-refractivity contribution in [1.82, 2.24) is 0 Å². The average Bonchev–Trinajstić information content (AvgIpc) is 2.75.